The van der Waals surface area contributed by atoms with E-state index in [2.05, 4.69) is 19.2 Å². The molecule has 14 heavy (non-hydrogen) atoms. The Balaban J connectivity index is 0. The maximum atomic E-state index is 3.63. The van der Waals surface area contributed by atoms with E-state index in [1.54, 1.807) is 0 Å². The molecule has 0 heterocycles. The van der Waals surface area contributed by atoms with Crippen molar-refractivity contribution in [3.63, 3.8) is 0 Å². The molecule has 0 unspecified atom stereocenters. The molecule has 0 aliphatic carbocycles. The van der Waals surface area contributed by atoms with Crippen LogP contribution >= 0.6 is 0 Å². The number of rotatable bonds is 4. The van der Waals surface area contributed by atoms with Gasteiger partial charge in [-0.05, 0) is 32.8 Å². The van der Waals surface area contributed by atoms with Crippen molar-refractivity contribution < 1.29 is 0 Å². The molecule has 0 spiro atoms. The second-order valence-corrected chi connectivity index (χ2v) is 2.59. The van der Waals surface area contributed by atoms with Gasteiger partial charge in [-0.1, -0.05) is 49.1 Å². The molecule has 0 bridgehead atoms. The first kappa shape index (κ1) is 15.2. The van der Waals surface area contributed by atoms with Crippen molar-refractivity contribution in [3.8, 4) is 0 Å². The van der Waals surface area contributed by atoms with Crippen molar-refractivity contribution in [2.45, 2.75) is 27.2 Å². The Morgan fingerprint density at radius 3 is 1.86 bits per heavy atom. The summed E-state index contributed by atoms with van der Waals surface area (Å²) in [6.45, 7) is 13.2. The average molecular weight is 190 g/mol. The van der Waals surface area contributed by atoms with Crippen molar-refractivity contribution in [1.29, 1.82) is 0 Å². The van der Waals surface area contributed by atoms with Gasteiger partial charge in [0.05, 0.1) is 0 Å². The van der Waals surface area contributed by atoms with Crippen LogP contribution in [0.2, 0.25) is 0 Å². The molecule has 0 aromatic rings. The second kappa shape index (κ2) is 14.2. The predicted octanol–water partition coefficient (Wildman–Crippen LogP) is 4.83. The predicted molar refractivity (Wildman–Crippen MR) is 68.4 cm³/mol. The highest BCUT2D eigenvalue weighted by Crippen LogP contribution is 1.95. The third kappa shape index (κ3) is 13.3. The third-order valence-electron chi connectivity index (χ3n) is 1.47. The summed E-state index contributed by atoms with van der Waals surface area (Å²) < 4.78 is 0. The van der Waals surface area contributed by atoms with Gasteiger partial charge in [0.15, 0.2) is 0 Å². The molecular formula is C14H22. The minimum Gasteiger partial charge on any atom is -0.103 e. The molecule has 0 fully saturated rings. The molecule has 0 amide bonds. The number of allylic oxidation sites excluding steroid dienone is 8. The molecule has 0 aliphatic heterocycles. The Morgan fingerprint density at radius 2 is 1.71 bits per heavy atom. The van der Waals surface area contributed by atoms with Gasteiger partial charge in [0.25, 0.3) is 0 Å². The van der Waals surface area contributed by atoms with Crippen LogP contribution in [0.5, 0.6) is 0 Å². The zero-order valence-corrected chi connectivity index (χ0v) is 9.66. The molecule has 0 N–H and O–H groups in total. The van der Waals surface area contributed by atoms with Crippen LogP contribution in [0.1, 0.15) is 27.2 Å². The number of hydrogen-bond acceptors (Lipinski definition) is 0. The highest BCUT2D eigenvalue weighted by atomic mass is 13.8. The molecule has 0 heteroatoms. The van der Waals surface area contributed by atoms with Gasteiger partial charge in [-0.15, -0.1) is 6.58 Å². The summed E-state index contributed by atoms with van der Waals surface area (Å²) in [6, 6.07) is 0. The Hall–Kier alpha value is -1.30. The zero-order valence-electron chi connectivity index (χ0n) is 9.66. The summed E-state index contributed by atoms with van der Waals surface area (Å²) in [6.07, 6.45) is 14.8. The lowest BCUT2D eigenvalue weighted by Gasteiger charge is -1.84. The molecule has 0 atom stereocenters. The lowest BCUT2D eigenvalue weighted by molar-refractivity contribution is 1.39. The topological polar surface area (TPSA) is 0 Å². The smallest absolute Gasteiger partial charge is 0.0172 e. The Morgan fingerprint density at radius 1 is 1.07 bits per heavy atom. The van der Waals surface area contributed by atoms with Gasteiger partial charge in [-0.25, -0.2) is 0 Å². The lowest BCUT2D eigenvalue weighted by Crippen LogP contribution is -1.63. The quantitative estimate of drug-likeness (QED) is 0.440. The molecule has 0 radical (unpaired) electrons. The zero-order chi connectivity index (χ0) is 11.2. The minimum absolute atomic E-state index is 0.997. The molecular weight excluding hydrogens is 168 g/mol. The van der Waals surface area contributed by atoms with E-state index in [4.69, 9.17) is 0 Å². The van der Waals surface area contributed by atoms with E-state index in [1.165, 1.54) is 5.57 Å². The average Bonchev–Trinajstić information content (AvgIpc) is 2.24. The summed E-state index contributed by atoms with van der Waals surface area (Å²) in [5, 5.41) is 0. The van der Waals surface area contributed by atoms with Crippen molar-refractivity contribution in [1.82, 2.24) is 0 Å². The van der Waals surface area contributed by atoms with Crippen molar-refractivity contribution in [2.75, 3.05) is 0 Å². The van der Waals surface area contributed by atoms with Gasteiger partial charge in [0.2, 0.25) is 0 Å². The van der Waals surface area contributed by atoms with E-state index >= 15 is 0 Å². The molecule has 0 saturated heterocycles. The molecule has 0 aromatic carbocycles. The van der Waals surface area contributed by atoms with Crippen molar-refractivity contribution in [3.05, 3.63) is 61.3 Å². The second-order valence-electron chi connectivity index (χ2n) is 2.59. The first-order valence-electron chi connectivity index (χ1n) is 4.90. The Kier molecular flexibility index (Phi) is 15.4. The summed E-state index contributed by atoms with van der Waals surface area (Å²) in [7, 11) is 0. The fourth-order valence-electron chi connectivity index (χ4n) is 0.707. The van der Waals surface area contributed by atoms with E-state index < -0.39 is 0 Å². The van der Waals surface area contributed by atoms with Crippen LogP contribution in [-0.4, -0.2) is 0 Å². The van der Waals surface area contributed by atoms with Crippen LogP contribution in [0.4, 0.5) is 0 Å². The van der Waals surface area contributed by atoms with E-state index in [9.17, 15) is 0 Å². The first-order chi connectivity index (χ1) is 6.76. The Labute approximate surface area is 89.0 Å². The SMILES string of the molecule is C=CC(C=CC)=CC.C=CCC=CC. The highest BCUT2D eigenvalue weighted by molar-refractivity contribution is 5.27. The van der Waals surface area contributed by atoms with Crippen molar-refractivity contribution >= 4 is 0 Å². The summed E-state index contributed by atoms with van der Waals surface area (Å²) in [5.74, 6) is 0. The fraction of sp³-hybridized carbons (Fsp3) is 0.286. The van der Waals surface area contributed by atoms with Gasteiger partial charge in [0.1, 0.15) is 0 Å². The lowest BCUT2D eigenvalue weighted by atomic mass is 10.2. The van der Waals surface area contributed by atoms with E-state index in [0.29, 0.717) is 0 Å². The van der Waals surface area contributed by atoms with Gasteiger partial charge < -0.3 is 0 Å². The first-order valence-corrected chi connectivity index (χ1v) is 4.90. The van der Waals surface area contributed by atoms with Gasteiger partial charge in [-0.2, -0.15) is 0 Å². The molecule has 0 aliphatic rings. The van der Waals surface area contributed by atoms with Crippen LogP contribution in [0.3, 0.4) is 0 Å². The van der Waals surface area contributed by atoms with E-state index in [1.807, 2.05) is 57.2 Å². The van der Waals surface area contributed by atoms with E-state index in [0.717, 1.165) is 6.42 Å². The van der Waals surface area contributed by atoms with Gasteiger partial charge in [0, 0.05) is 0 Å². The molecule has 0 saturated carbocycles. The summed E-state index contributed by atoms with van der Waals surface area (Å²) >= 11 is 0. The molecule has 78 valence electrons. The van der Waals surface area contributed by atoms with Gasteiger partial charge >= 0.3 is 0 Å². The normalized spacial score (nSPS) is 11.2. The fourth-order valence-corrected chi connectivity index (χ4v) is 0.707. The van der Waals surface area contributed by atoms with Crippen LogP contribution in [0.15, 0.2) is 61.3 Å². The van der Waals surface area contributed by atoms with Crippen LogP contribution in [0.25, 0.3) is 0 Å². The standard InChI is InChI=1S/C8H12.C6H10/c1-4-7-8(5-2)6-3;1-3-5-6-4-2/h4-7H,2H2,1,3H3;3-4,6H,1,5H2,2H3. The largest absolute Gasteiger partial charge is 0.103 e. The molecule has 0 nitrogen and oxygen atoms in total. The molecule has 0 rings (SSSR count). The highest BCUT2D eigenvalue weighted by Gasteiger charge is 1.74. The minimum atomic E-state index is 0.997. The van der Waals surface area contributed by atoms with E-state index in [-0.39, 0.29) is 0 Å². The van der Waals surface area contributed by atoms with Crippen molar-refractivity contribution in [2.24, 2.45) is 0 Å². The van der Waals surface area contributed by atoms with Gasteiger partial charge in [-0.3, -0.25) is 0 Å². The van der Waals surface area contributed by atoms with Crippen LogP contribution in [-0.2, 0) is 0 Å². The number of hydrogen-bond donors (Lipinski definition) is 0. The maximum absolute atomic E-state index is 3.63. The summed E-state index contributed by atoms with van der Waals surface area (Å²) in [4.78, 5) is 0. The monoisotopic (exact) mass is 190 g/mol. The summed E-state index contributed by atoms with van der Waals surface area (Å²) in [5.41, 5.74) is 1.17. The molecule has 0 aromatic heterocycles. The maximum Gasteiger partial charge on any atom is -0.0172 e. The third-order valence-corrected chi connectivity index (χ3v) is 1.47. The van der Waals surface area contributed by atoms with Crippen LogP contribution < -0.4 is 0 Å². The van der Waals surface area contributed by atoms with Crippen LogP contribution in [0, 0.1) is 0 Å². The Bertz CT molecular complexity index is 214.